The predicted octanol–water partition coefficient (Wildman–Crippen LogP) is 1.63. The minimum absolute atomic E-state index is 0.108. The molecule has 2 rings (SSSR count). The van der Waals surface area contributed by atoms with Gasteiger partial charge in [-0.3, -0.25) is 4.79 Å². The molecular weight excluding hydrogens is 338 g/mol. The number of aliphatic hydroxyl groups is 2. The summed E-state index contributed by atoms with van der Waals surface area (Å²) >= 11 is 0. The molecule has 7 nitrogen and oxygen atoms in total. The lowest BCUT2D eigenvalue weighted by atomic mass is 10.0. The van der Waals surface area contributed by atoms with Gasteiger partial charge in [0.05, 0.1) is 6.42 Å². The topological polar surface area (TPSA) is 116 Å². The molecule has 0 fully saturated rings. The first-order chi connectivity index (χ1) is 12.5. The largest absolute Gasteiger partial charge is 0.481 e. The Labute approximate surface area is 150 Å². The fraction of sp³-hybridized carbons (Fsp3) is 0.263. The first-order valence-electron chi connectivity index (χ1n) is 8.07. The molecule has 2 atom stereocenters. The van der Waals surface area contributed by atoms with Crippen molar-refractivity contribution in [3.8, 4) is 0 Å². The van der Waals surface area contributed by atoms with E-state index in [0.717, 1.165) is 5.56 Å². The van der Waals surface area contributed by atoms with Gasteiger partial charge in [0.15, 0.2) is 0 Å². The van der Waals surface area contributed by atoms with Crippen molar-refractivity contribution in [1.82, 2.24) is 5.32 Å². The highest BCUT2D eigenvalue weighted by atomic mass is 16.5. The molecule has 0 bridgehead atoms. The summed E-state index contributed by atoms with van der Waals surface area (Å²) in [5.74, 6) is -0.948. The second-order valence-corrected chi connectivity index (χ2v) is 5.77. The van der Waals surface area contributed by atoms with Gasteiger partial charge in [-0.2, -0.15) is 0 Å². The predicted molar refractivity (Wildman–Crippen MR) is 93.4 cm³/mol. The van der Waals surface area contributed by atoms with E-state index in [1.165, 1.54) is 0 Å². The Kier molecular flexibility index (Phi) is 7.13. The Balaban J connectivity index is 1.78. The van der Waals surface area contributed by atoms with Crippen LogP contribution in [0.2, 0.25) is 0 Å². The Hall–Kier alpha value is -2.90. The van der Waals surface area contributed by atoms with E-state index in [1.807, 2.05) is 30.3 Å². The van der Waals surface area contributed by atoms with E-state index in [-0.39, 0.29) is 19.6 Å². The molecule has 4 N–H and O–H groups in total. The lowest BCUT2D eigenvalue weighted by molar-refractivity contribution is -0.136. The van der Waals surface area contributed by atoms with Crippen LogP contribution in [-0.4, -0.2) is 40.0 Å². The standard InChI is InChI=1S/C19H21NO6/c21-16(11-20-19(25)26-12-14-4-2-1-3-5-14)18(24)15-8-6-13(7-9-15)10-17(22)23/h1-9,16,18,21,24H,10-12H2,(H,20,25)(H,22,23). The van der Waals surface area contributed by atoms with Crippen molar-refractivity contribution in [2.24, 2.45) is 0 Å². The second-order valence-electron chi connectivity index (χ2n) is 5.77. The first-order valence-corrected chi connectivity index (χ1v) is 8.07. The van der Waals surface area contributed by atoms with Gasteiger partial charge < -0.3 is 25.4 Å². The van der Waals surface area contributed by atoms with Crippen LogP contribution < -0.4 is 5.32 Å². The van der Waals surface area contributed by atoms with E-state index in [9.17, 15) is 19.8 Å². The summed E-state index contributed by atoms with van der Waals surface area (Å²) in [5.41, 5.74) is 1.85. The molecule has 0 aromatic heterocycles. The minimum Gasteiger partial charge on any atom is -0.481 e. The summed E-state index contributed by atoms with van der Waals surface area (Å²) in [5, 5.41) is 31.3. The molecule has 0 saturated heterocycles. The number of benzene rings is 2. The number of carbonyl (C=O) groups is 2. The molecule has 1 amide bonds. The van der Waals surface area contributed by atoms with E-state index in [2.05, 4.69) is 5.32 Å². The van der Waals surface area contributed by atoms with E-state index < -0.39 is 24.3 Å². The SMILES string of the molecule is O=C(O)Cc1ccc(C(O)C(O)CNC(=O)OCc2ccccc2)cc1. The van der Waals surface area contributed by atoms with E-state index in [1.54, 1.807) is 24.3 Å². The summed E-state index contributed by atoms with van der Waals surface area (Å²) in [6.45, 7) is -0.0813. The number of carboxylic acid groups (broad SMARTS) is 1. The van der Waals surface area contributed by atoms with Crippen LogP contribution >= 0.6 is 0 Å². The number of amides is 1. The maximum atomic E-state index is 11.6. The fourth-order valence-electron chi connectivity index (χ4n) is 2.30. The highest BCUT2D eigenvalue weighted by Crippen LogP contribution is 2.17. The number of rotatable bonds is 8. The molecule has 138 valence electrons. The molecule has 0 heterocycles. The minimum atomic E-state index is -1.23. The maximum absolute atomic E-state index is 11.6. The van der Waals surface area contributed by atoms with Crippen molar-refractivity contribution >= 4 is 12.1 Å². The van der Waals surface area contributed by atoms with Gasteiger partial charge in [0.1, 0.15) is 18.8 Å². The number of ether oxygens (including phenoxy) is 1. The van der Waals surface area contributed by atoms with Crippen molar-refractivity contribution in [2.75, 3.05) is 6.54 Å². The zero-order valence-electron chi connectivity index (χ0n) is 14.0. The lowest BCUT2D eigenvalue weighted by Crippen LogP contribution is -2.35. The van der Waals surface area contributed by atoms with Crippen molar-refractivity contribution in [3.05, 3.63) is 71.3 Å². The lowest BCUT2D eigenvalue weighted by Gasteiger charge is -2.19. The van der Waals surface area contributed by atoms with Crippen LogP contribution in [0.25, 0.3) is 0 Å². The van der Waals surface area contributed by atoms with Crippen LogP contribution in [0.4, 0.5) is 4.79 Å². The number of aliphatic hydroxyl groups excluding tert-OH is 2. The number of alkyl carbamates (subject to hydrolysis) is 1. The summed E-state index contributed by atoms with van der Waals surface area (Å²) in [7, 11) is 0. The number of hydrogen-bond acceptors (Lipinski definition) is 5. The average Bonchev–Trinajstić information content (AvgIpc) is 2.65. The quantitative estimate of drug-likeness (QED) is 0.569. The second kappa shape index (κ2) is 9.55. The van der Waals surface area contributed by atoms with Crippen molar-refractivity contribution < 1.29 is 29.6 Å². The summed E-state index contributed by atoms with van der Waals surface area (Å²) in [4.78, 5) is 22.3. The number of hydrogen-bond donors (Lipinski definition) is 4. The Bertz CT molecular complexity index is 717. The number of carbonyl (C=O) groups excluding carboxylic acids is 1. The Morgan fingerprint density at radius 1 is 0.962 bits per heavy atom. The molecule has 7 heteroatoms. The summed E-state index contributed by atoms with van der Waals surface area (Å²) in [6.07, 6.45) is -3.27. The van der Waals surface area contributed by atoms with Crippen molar-refractivity contribution in [3.63, 3.8) is 0 Å². The first kappa shape index (κ1) is 19.4. The summed E-state index contributed by atoms with van der Waals surface area (Å²) in [6, 6.07) is 15.4. The van der Waals surface area contributed by atoms with E-state index >= 15 is 0 Å². The maximum Gasteiger partial charge on any atom is 0.407 e. The van der Waals surface area contributed by atoms with Crippen molar-refractivity contribution in [1.29, 1.82) is 0 Å². The molecule has 0 aliphatic rings. The van der Waals surface area contributed by atoms with Gasteiger partial charge in [-0.25, -0.2) is 4.79 Å². The van der Waals surface area contributed by atoms with E-state index in [0.29, 0.717) is 11.1 Å². The zero-order valence-corrected chi connectivity index (χ0v) is 14.0. The Morgan fingerprint density at radius 2 is 1.62 bits per heavy atom. The van der Waals surface area contributed by atoms with Gasteiger partial charge in [0.2, 0.25) is 0 Å². The van der Waals surface area contributed by atoms with Gasteiger partial charge >= 0.3 is 12.1 Å². The third kappa shape index (κ3) is 6.19. The van der Waals surface area contributed by atoms with Crippen LogP contribution in [0.15, 0.2) is 54.6 Å². The normalized spacial score (nSPS) is 12.8. The molecule has 0 aliphatic heterocycles. The molecule has 0 aliphatic carbocycles. The van der Waals surface area contributed by atoms with Crippen LogP contribution in [-0.2, 0) is 22.6 Å². The molecule has 2 unspecified atom stereocenters. The molecule has 2 aromatic rings. The highest BCUT2D eigenvalue weighted by molar-refractivity contribution is 5.70. The van der Waals surface area contributed by atoms with Crippen LogP contribution in [0.3, 0.4) is 0 Å². The van der Waals surface area contributed by atoms with Gasteiger partial charge in [-0.15, -0.1) is 0 Å². The highest BCUT2D eigenvalue weighted by Gasteiger charge is 2.19. The van der Waals surface area contributed by atoms with Gasteiger partial charge in [0, 0.05) is 6.54 Å². The molecule has 26 heavy (non-hydrogen) atoms. The third-order valence-corrected chi connectivity index (χ3v) is 3.71. The number of aliphatic carboxylic acids is 1. The molecule has 0 saturated carbocycles. The summed E-state index contributed by atoms with van der Waals surface area (Å²) < 4.78 is 5.02. The van der Waals surface area contributed by atoms with Crippen LogP contribution in [0.5, 0.6) is 0 Å². The monoisotopic (exact) mass is 359 g/mol. The zero-order chi connectivity index (χ0) is 18.9. The van der Waals surface area contributed by atoms with Gasteiger partial charge in [0.25, 0.3) is 0 Å². The number of nitrogens with one attached hydrogen (secondary N) is 1. The average molecular weight is 359 g/mol. The molecule has 2 aromatic carbocycles. The smallest absolute Gasteiger partial charge is 0.407 e. The van der Waals surface area contributed by atoms with Crippen LogP contribution in [0.1, 0.15) is 22.8 Å². The third-order valence-electron chi connectivity index (χ3n) is 3.71. The molecule has 0 radical (unpaired) electrons. The fourth-order valence-corrected chi connectivity index (χ4v) is 2.30. The van der Waals surface area contributed by atoms with E-state index in [4.69, 9.17) is 9.84 Å². The molecule has 0 spiro atoms. The van der Waals surface area contributed by atoms with Gasteiger partial charge in [-0.1, -0.05) is 54.6 Å². The Morgan fingerprint density at radius 3 is 2.23 bits per heavy atom. The molecular formula is C19H21NO6. The van der Waals surface area contributed by atoms with Crippen molar-refractivity contribution in [2.45, 2.75) is 25.2 Å². The van der Waals surface area contributed by atoms with Gasteiger partial charge in [-0.05, 0) is 16.7 Å². The number of carboxylic acids is 1. The van der Waals surface area contributed by atoms with Crippen LogP contribution in [0, 0.1) is 0 Å².